The first-order valence-corrected chi connectivity index (χ1v) is 11.6. The minimum Gasteiger partial charge on any atom is -0.391 e. The molecular formula is C19H23FN6O3S. The Morgan fingerprint density at radius 1 is 1.40 bits per heavy atom. The standard InChI is InChI=1S/C19H23FN6O3S/c1-10(27)8-26-9-13(20)17(24-26)30(21,29)25-18(28)23-15-11-2-3-14(11)22-16-12(15)4-5-19(16)6-7-19/h9-10,27H,2-8H2,1H3,(H3,21,22,23,25,28,29)/t10-,30?/m1/s1. The van der Waals surface area contributed by atoms with Crippen molar-refractivity contribution in [3.63, 3.8) is 0 Å². The first-order valence-electron chi connectivity index (χ1n) is 10.0. The number of pyridine rings is 1. The molecule has 0 aliphatic heterocycles. The van der Waals surface area contributed by atoms with Crippen LogP contribution < -0.4 is 10.5 Å². The van der Waals surface area contributed by atoms with Crippen LogP contribution in [0, 0.1) is 5.82 Å². The van der Waals surface area contributed by atoms with Crippen molar-refractivity contribution in [3.05, 3.63) is 34.5 Å². The summed E-state index contributed by atoms with van der Waals surface area (Å²) in [6, 6.07) is -0.897. The summed E-state index contributed by atoms with van der Waals surface area (Å²) in [6.45, 7) is 1.50. The number of nitrogens with two attached hydrogens (primary N) is 1. The van der Waals surface area contributed by atoms with Crippen LogP contribution in [0.4, 0.5) is 14.9 Å². The highest BCUT2D eigenvalue weighted by atomic mass is 32.2. The Hall–Kier alpha value is -2.37. The Morgan fingerprint density at radius 2 is 2.17 bits per heavy atom. The highest BCUT2D eigenvalue weighted by molar-refractivity contribution is 7.91. The number of urea groups is 1. The Bertz CT molecular complexity index is 1190. The predicted octanol–water partition coefficient (Wildman–Crippen LogP) is 1.81. The number of nitrogens with zero attached hydrogens (tertiary/aromatic N) is 4. The molecule has 2 aromatic rings. The van der Waals surface area contributed by atoms with Crippen LogP contribution in [0.15, 0.2) is 15.6 Å². The maximum atomic E-state index is 14.2. The number of anilines is 1. The van der Waals surface area contributed by atoms with Crippen LogP contribution in [-0.4, -0.2) is 36.2 Å². The number of nitrogens with one attached hydrogen (secondary N) is 1. The molecule has 1 unspecified atom stereocenters. The fraction of sp³-hybridized carbons (Fsp3) is 0.526. The number of aromatic nitrogens is 3. The summed E-state index contributed by atoms with van der Waals surface area (Å²) in [5.41, 5.74) is 4.96. The van der Waals surface area contributed by atoms with Gasteiger partial charge in [-0.25, -0.2) is 18.5 Å². The van der Waals surface area contributed by atoms with E-state index in [4.69, 9.17) is 10.1 Å². The Balaban J connectivity index is 1.45. The number of aliphatic hydroxyl groups excluding tert-OH is 1. The molecule has 2 heterocycles. The lowest BCUT2D eigenvalue weighted by atomic mass is 9.89. The highest BCUT2D eigenvalue weighted by Crippen LogP contribution is 2.58. The third kappa shape index (κ3) is 3.12. The number of carbonyl (C=O) groups is 1. The zero-order valence-corrected chi connectivity index (χ0v) is 17.3. The van der Waals surface area contributed by atoms with E-state index < -0.39 is 32.9 Å². The quantitative estimate of drug-likeness (QED) is 0.674. The van der Waals surface area contributed by atoms with E-state index in [9.17, 15) is 18.5 Å². The second kappa shape index (κ2) is 6.56. The largest absolute Gasteiger partial charge is 0.391 e. The molecule has 4 N–H and O–H groups in total. The van der Waals surface area contributed by atoms with E-state index in [0.29, 0.717) is 5.69 Å². The smallest absolute Gasteiger partial charge is 0.354 e. The molecule has 3 aliphatic rings. The predicted molar refractivity (Wildman–Crippen MR) is 107 cm³/mol. The van der Waals surface area contributed by atoms with Gasteiger partial charge in [0.05, 0.1) is 30.2 Å². The fourth-order valence-corrected chi connectivity index (χ4v) is 5.38. The van der Waals surface area contributed by atoms with Gasteiger partial charge in [-0.3, -0.25) is 9.67 Å². The van der Waals surface area contributed by atoms with Crippen LogP contribution in [0.25, 0.3) is 0 Å². The molecule has 2 amide bonds. The molecule has 0 aromatic carbocycles. The summed E-state index contributed by atoms with van der Waals surface area (Å²) in [6.07, 6.45) is 5.97. The van der Waals surface area contributed by atoms with Crippen molar-refractivity contribution in [1.29, 1.82) is 0 Å². The normalized spacial score (nSPS) is 20.7. The van der Waals surface area contributed by atoms with Crippen LogP contribution in [-0.2, 0) is 41.1 Å². The third-order valence-corrected chi connectivity index (χ3v) is 7.44. The van der Waals surface area contributed by atoms with E-state index in [1.807, 2.05) is 0 Å². The van der Waals surface area contributed by atoms with E-state index >= 15 is 0 Å². The van der Waals surface area contributed by atoms with Gasteiger partial charge in [0, 0.05) is 11.1 Å². The van der Waals surface area contributed by atoms with E-state index in [1.54, 1.807) is 0 Å². The molecular weight excluding hydrogens is 411 g/mol. The monoisotopic (exact) mass is 434 g/mol. The van der Waals surface area contributed by atoms with Crippen molar-refractivity contribution >= 4 is 21.6 Å². The summed E-state index contributed by atoms with van der Waals surface area (Å²) in [5, 5.41) is 21.1. The van der Waals surface area contributed by atoms with Gasteiger partial charge in [0.25, 0.3) is 0 Å². The second-order valence-corrected chi connectivity index (χ2v) is 10.2. The molecule has 11 heteroatoms. The van der Waals surface area contributed by atoms with Crippen molar-refractivity contribution < 1.29 is 18.5 Å². The molecule has 1 fully saturated rings. The van der Waals surface area contributed by atoms with E-state index in [1.165, 1.54) is 6.92 Å². The van der Waals surface area contributed by atoms with Gasteiger partial charge in [-0.05, 0) is 56.6 Å². The van der Waals surface area contributed by atoms with Gasteiger partial charge in [-0.2, -0.15) is 5.10 Å². The Kier molecular flexibility index (Phi) is 4.28. The number of aryl methyl sites for hydroxylation is 1. The molecule has 30 heavy (non-hydrogen) atoms. The number of amides is 2. The number of hydrogen-bond donors (Lipinski definition) is 3. The molecule has 1 spiro atoms. The first-order chi connectivity index (χ1) is 14.2. The summed E-state index contributed by atoms with van der Waals surface area (Å²) < 4.78 is 31.6. The molecule has 160 valence electrons. The molecule has 2 atom stereocenters. The number of hydrogen-bond acceptors (Lipinski definition) is 5. The van der Waals surface area contributed by atoms with Gasteiger partial charge < -0.3 is 10.4 Å². The molecule has 3 aliphatic carbocycles. The number of halogens is 1. The zero-order valence-electron chi connectivity index (χ0n) is 16.5. The average Bonchev–Trinajstić information content (AvgIpc) is 3.16. The van der Waals surface area contributed by atoms with Crippen molar-refractivity contribution in [3.8, 4) is 0 Å². The molecule has 5 rings (SSSR count). The van der Waals surface area contributed by atoms with Crippen molar-refractivity contribution in [1.82, 2.24) is 14.8 Å². The van der Waals surface area contributed by atoms with Gasteiger partial charge in [0.1, 0.15) is 0 Å². The maximum Gasteiger partial charge on any atom is 0.354 e. The minimum atomic E-state index is -3.90. The number of aliphatic hydroxyl groups is 1. The molecule has 1 saturated carbocycles. The van der Waals surface area contributed by atoms with Crippen LogP contribution in [0.2, 0.25) is 0 Å². The fourth-order valence-electron chi connectivity index (χ4n) is 4.45. The van der Waals surface area contributed by atoms with E-state index in [-0.39, 0.29) is 12.0 Å². The van der Waals surface area contributed by atoms with E-state index in [0.717, 1.165) is 71.9 Å². The Labute approximate surface area is 173 Å². The van der Waals surface area contributed by atoms with Crippen LogP contribution in [0.5, 0.6) is 0 Å². The molecule has 0 saturated heterocycles. The van der Waals surface area contributed by atoms with E-state index in [2.05, 4.69) is 14.8 Å². The van der Waals surface area contributed by atoms with Crippen molar-refractivity contribution in [2.24, 2.45) is 9.50 Å². The number of fused-ring (bicyclic) bond motifs is 3. The summed E-state index contributed by atoms with van der Waals surface area (Å²) in [5.74, 6) is -0.940. The topological polar surface area (TPSA) is 135 Å². The van der Waals surface area contributed by atoms with Crippen LogP contribution in [0.3, 0.4) is 0 Å². The van der Waals surface area contributed by atoms with Gasteiger partial charge in [-0.15, -0.1) is 4.36 Å². The highest BCUT2D eigenvalue weighted by Gasteiger charge is 2.51. The van der Waals surface area contributed by atoms with Gasteiger partial charge in [0.15, 0.2) is 15.7 Å². The second-order valence-electron chi connectivity index (χ2n) is 8.46. The molecule has 2 aromatic heterocycles. The molecule has 9 nitrogen and oxygen atoms in total. The number of carbonyl (C=O) groups excluding carboxylic acids is 1. The van der Waals surface area contributed by atoms with Gasteiger partial charge >= 0.3 is 6.03 Å². The minimum absolute atomic E-state index is 0.00429. The summed E-state index contributed by atoms with van der Waals surface area (Å²) in [4.78, 5) is 17.4. The zero-order chi connectivity index (χ0) is 21.3. The third-order valence-electron chi connectivity index (χ3n) is 6.17. The number of rotatable bonds is 4. The average molecular weight is 434 g/mol. The van der Waals surface area contributed by atoms with Crippen molar-refractivity contribution in [2.75, 3.05) is 5.32 Å². The lowest BCUT2D eigenvalue weighted by Gasteiger charge is -2.25. The summed E-state index contributed by atoms with van der Waals surface area (Å²) >= 11 is 0. The maximum absolute atomic E-state index is 14.2. The summed E-state index contributed by atoms with van der Waals surface area (Å²) in [7, 11) is -3.90. The van der Waals surface area contributed by atoms with Crippen LogP contribution in [0.1, 0.15) is 48.7 Å². The molecule has 0 bridgehead atoms. The lowest BCUT2D eigenvalue weighted by Crippen LogP contribution is -2.23. The lowest BCUT2D eigenvalue weighted by molar-refractivity contribution is 0.168. The van der Waals surface area contributed by atoms with Gasteiger partial charge in [-0.1, -0.05) is 0 Å². The SMILES string of the molecule is C[C@@H](O)Cn1cc(F)c(S(N)(=O)=NC(=O)Nc2c3c(nc4c2CCC42CC2)CC3)n1. The molecule has 0 radical (unpaired) electrons. The van der Waals surface area contributed by atoms with Crippen LogP contribution >= 0.6 is 0 Å². The Morgan fingerprint density at radius 3 is 2.80 bits per heavy atom. The van der Waals surface area contributed by atoms with Crippen molar-refractivity contribution in [2.45, 2.75) is 68.5 Å². The van der Waals surface area contributed by atoms with Gasteiger partial charge in [0.2, 0.25) is 5.03 Å². The first kappa shape index (κ1) is 19.6.